The molecule has 1 N–H and O–H groups in total. The van der Waals surface area contributed by atoms with E-state index in [2.05, 4.69) is 10.5 Å². The maximum atomic E-state index is 12.1. The molecule has 0 saturated heterocycles. The van der Waals surface area contributed by atoms with Gasteiger partial charge in [-0.05, 0) is 24.3 Å². The molecule has 116 valence electrons. The average molecular weight is 329 g/mol. The van der Waals surface area contributed by atoms with Gasteiger partial charge in [0.25, 0.3) is 0 Å². The maximum Gasteiger partial charge on any atom is 0.417 e. The monoisotopic (exact) mass is 328 g/mol. The molecule has 0 radical (unpaired) electrons. The average Bonchev–Trinajstić information content (AvgIpc) is 2.91. The van der Waals surface area contributed by atoms with Gasteiger partial charge in [0.05, 0.1) is 0 Å². The number of nitrogens with zero attached hydrogens (tertiary/aromatic N) is 1. The molecular formula is C17H13ClN2O3. The van der Waals surface area contributed by atoms with Crippen LogP contribution in [0.1, 0.15) is 5.76 Å². The van der Waals surface area contributed by atoms with Crippen molar-refractivity contribution in [2.24, 2.45) is 0 Å². The molecule has 0 aliphatic heterocycles. The van der Waals surface area contributed by atoms with Crippen molar-refractivity contribution in [3.8, 4) is 17.0 Å². The number of benzene rings is 2. The summed E-state index contributed by atoms with van der Waals surface area (Å²) in [4.78, 5) is 12.1. The molecule has 6 heteroatoms. The molecule has 3 aromatic rings. The number of hydrogen-bond acceptors (Lipinski definition) is 4. The van der Waals surface area contributed by atoms with E-state index in [4.69, 9.17) is 20.9 Å². The van der Waals surface area contributed by atoms with Crippen molar-refractivity contribution in [1.82, 2.24) is 5.16 Å². The van der Waals surface area contributed by atoms with Crippen LogP contribution >= 0.6 is 11.6 Å². The van der Waals surface area contributed by atoms with Crippen LogP contribution in [0.5, 0.6) is 5.75 Å². The van der Waals surface area contributed by atoms with Gasteiger partial charge in [-0.1, -0.05) is 47.1 Å². The first-order valence-corrected chi connectivity index (χ1v) is 7.27. The van der Waals surface area contributed by atoms with Crippen molar-refractivity contribution < 1.29 is 14.1 Å². The normalized spacial score (nSPS) is 10.3. The highest BCUT2D eigenvalue weighted by atomic mass is 35.5. The molecule has 1 heterocycles. The summed E-state index contributed by atoms with van der Waals surface area (Å²) in [7, 11) is 0. The van der Waals surface area contributed by atoms with E-state index in [0.29, 0.717) is 27.9 Å². The van der Waals surface area contributed by atoms with Gasteiger partial charge in [-0.15, -0.1) is 0 Å². The van der Waals surface area contributed by atoms with Crippen LogP contribution in [0, 0.1) is 6.92 Å². The van der Waals surface area contributed by atoms with E-state index >= 15 is 0 Å². The molecule has 0 spiro atoms. The van der Waals surface area contributed by atoms with Gasteiger partial charge in [-0.3, -0.25) is 5.32 Å². The Morgan fingerprint density at radius 3 is 2.52 bits per heavy atom. The molecule has 0 fully saturated rings. The van der Waals surface area contributed by atoms with Gasteiger partial charge in [0.2, 0.25) is 5.75 Å². The second kappa shape index (κ2) is 6.54. The first-order valence-electron chi connectivity index (χ1n) is 6.89. The van der Waals surface area contributed by atoms with Crippen LogP contribution in [-0.2, 0) is 0 Å². The summed E-state index contributed by atoms with van der Waals surface area (Å²) in [5.74, 6) is 0.720. The van der Waals surface area contributed by atoms with Crippen LogP contribution in [-0.4, -0.2) is 11.2 Å². The van der Waals surface area contributed by atoms with E-state index in [9.17, 15) is 4.79 Å². The Morgan fingerprint density at radius 1 is 1.13 bits per heavy atom. The van der Waals surface area contributed by atoms with Crippen LogP contribution in [0.15, 0.2) is 59.1 Å². The minimum Gasteiger partial charge on any atom is -0.404 e. The fourth-order valence-corrected chi connectivity index (χ4v) is 2.16. The van der Waals surface area contributed by atoms with Gasteiger partial charge in [-0.2, -0.15) is 0 Å². The van der Waals surface area contributed by atoms with E-state index in [-0.39, 0.29) is 0 Å². The van der Waals surface area contributed by atoms with Crippen LogP contribution in [0.4, 0.5) is 10.5 Å². The van der Waals surface area contributed by atoms with E-state index in [0.717, 1.165) is 5.56 Å². The quantitative estimate of drug-likeness (QED) is 0.741. The van der Waals surface area contributed by atoms with E-state index < -0.39 is 6.09 Å². The molecule has 0 aliphatic carbocycles. The van der Waals surface area contributed by atoms with Crippen molar-refractivity contribution in [3.05, 3.63) is 65.4 Å². The summed E-state index contributed by atoms with van der Waals surface area (Å²) >= 11 is 5.81. The molecule has 0 saturated carbocycles. The molecule has 5 nitrogen and oxygen atoms in total. The van der Waals surface area contributed by atoms with Crippen molar-refractivity contribution in [2.45, 2.75) is 6.92 Å². The fourth-order valence-electron chi connectivity index (χ4n) is 2.03. The number of carbonyl (C=O) groups is 1. The Labute approximate surface area is 137 Å². The highest BCUT2D eigenvalue weighted by molar-refractivity contribution is 6.30. The molecule has 1 aromatic heterocycles. The third-order valence-electron chi connectivity index (χ3n) is 3.14. The molecule has 2 aromatic carbocycles. The number of nitrogens with one attached hydrogen (secondary N) is 1. The smallest absolute Gasteiger partial charge is 0.404 e. The van der Waals surface area contributed by atoms with Crippen molar-refractivity contribution in [1.29, 1.82) is 0 Å². The van der Waals surface area contributed by atoms with Gasteiger partial charge in [-0.25, -0.2) is 4.79 Å². The first kappa shape index (κ1) is 15.1. The van der Waals surface area contributed by atoms with Crippen LogP contribution in [0.2, 0.25) is 5.02 Å². The number of hydrogen-bond donors (Lipinski definition) is 1. The Balaban J connectivity index is 1.79. The molecule has 23 heavy (non-hydrogen) atoms. The number of amides is 1. The fraction of sp³-hybridized carbons (Fsp3) is 0.0588. The molecule has 0 aliphatic rings. The molecule has 0 bridgehead atoms. The molecular weight excluding hydrogens is 316 g/mol. The highest BCUT2D eigenvalue weighted by Gasteiger charge is 2.19. The number of anilines is 1. The van der Waals surface area contributed by atoms with Crippen LogP contribution < -0.4 is 10.1 Å². The lowest BCUT2D eigenvalue weighted by Crippen LogP contribution is -2.17. The number of aromatic nitrogens is 1. The minimum absolute atomic E-state index is 0.294. The van der Waals surface area contributed by atoms with E-state index in [1.807, 2.05) is 30.3 Å². The van der Waals surface area contributed by atoms with Gasteiger partial charge >= 0.3 is 6.09 Å². The number of halogens is 1. The largest absolute Gasteiger partial charge is 0.417 e. The summed E-state index contributed by atoms with van der Waals surface area (Å²) < 4.78 is 10.5. The second-order valence-corrected chi connectivity index (χ2v) is 5.24. The van der Waals surface area contributed by atoms with Gasteiger partial charge in [0.1, 0.15) is 0 Å². The lowest BCUT2D eigenvalue weighted by atomic mass is 10.1. The number of carbonyl (C=O) groups excluding carboxylic acids is 1. The minimum atomic E-state index is -0.629. The maximum absolute atomic E-state index is 12.1. The predicted octanol–water partition coefficient (Wildman–Crippen LogP) is 4.91. The summed E-state index contributed by atoms with van der Waals surface area (Å²) in [6.45, 7) is 1.68. The zero-order chi connectivity index (χ0) is 16.2. The van der Waals surface area contributed by atoms with Gasteiger partial charge in [0.15, 0.2) is 11.5 Å². The summed E-state index contributed by atoms with van der Waals surface area (Å²) in [6, 6.07) is 16.1. The first-order chi connectivity index (χ1) is 11.1. The lowest BCUT2D eigenvalue weighted by molar-refractivity contribution is 0.214. The zero-order valence-electron chi connectivity index (χ0n) is 12.2. The number of aryl methyl sites for hydroxylation is 1. The second-order valence-electron chi connectivity index (χ2n) is 4.80. The highest BCUT2D eigenvalue weighted by Crippen LogP contribution is 2.32. The summed E-state index contributed by atoms with van der Waals surface area (Å²) in [5.41, 5.74) is 1.86. The summed E-state index contributed by atoms with van der Waals surface area (Å²) in [6.07, 6.45) is -0.629. The zero-order valence-corrected chi connectivity index (χ0v) is 13.0. The Hall–Kier alpha value is -2.79. The Bertz CT molecular complexity index is 814. The third kappa shape index (κ3) is 3.52. The van der Waals surface area contributed by atoms with Crippen molar-refractivity contribution >= 4 is 23.4 Å². The van der Waals surface area contributed by atoms with Crippen molar-refractivity contribution in [2.75, 3.05) is 5.32 Å². The number of rotatable bonds is 3. The molecule has 1 amide bonds. The topological polar surface area (TPSA) is 64.4 Å². The number of ether oxygens (including phenoxy) is 1. The van der Waals surface area contributed by atoms with Gasteiger partial charge in [0, 0.05) is 23.2 Å². The van der Waals surface area contributed by atoms with Crippen LogP contribution in [0.3, 0.4) is 0 Å². The molecule has 3 rings (SSSR count). The van der Waals surface area contributed by atoms with Gasteiger partial charge < -0.3 is 9.26 Å². The Morgan fingerprint density at radius 2 is 1.83 bits per heavy atom. The molecule has 0 atom stereocenters. The lowest BCUT2D eigenvalue weighted by Gasteiger charge is -2.07. The van der Waals surface area contributed by atoms with E-state index in [1.165, 1.54) is 0 Å². The third-order valence-corrected chi connectivity index (χ3v) is 3.39. The molecule has 0 unspecified atom stereocenters. The standard InChI is InChI=1S/C17H13ClN2O3/c1-11-16(15(20-23-11)12-5-3-2-4-6-12)22-17(21)19-14-9-7-13(18)8-10-14/h2-10H,1H3,(H,19,21). The van der Waals surface area contributed by atoms with Crippen molar-refractivity contribution in [3.63, 3.8) is 0 Å². The SMILES string of the molecule is Cc1onc(-c2ccccc2)c1OC(=O)Nc1ccc(Cl)cc1. The summed E-state index contributed by atoms with van der Waals surface area (Å²) in [5, 5.41) is 7.17. The predicted molar refractivity (Wildman–Crippen MR) is 87.8 cm³/mol. The van der Waals surface area contributed by atoms with Crippen LogP contribution in [0.25, 0.3) is 11.3 Å². The Kier molecular flexibility index (Phi) is 4.30. The van der Waals surface area contributed by atoms with E-state index in [1.54, 1.807) is 31.2 Å².